The van der Waals surface area contributed by atoms with Crippen LogP contribution in [0.4, 0.5) is 0 Å². The zero-order chi connectivity index (χ0) is 14.5. The van der Waals surface area contributed by atoms with E-state index in [1.165, 1.54) is 11.1 Å². The summed E-state index contributed by atoms with van der Waals surface area (Å²) in [5.41, 5.74) is 4.52. The Labute approximate surface area is 121 Å². The van der Waals surface area contributed by atoms with Gasteiger partial charge in [0.1, 0.15) is 18.5 Å². The van der Waals surface area contributed by atoms with Gasteiger partial charge in [0.05, 0.1) is 0 Å². The van der Waals surface area contributed by atoms with Gasteiger partial charge in [0, 0.05) is 0 Å². The number of benzene rings is 2. The molecular formula is C18H22O2. The molecule has 0 aliphatic rings. The molecule has 0 bridgehead atoms. The number of aliphatic hydroxyl groups excluding tert-OH is 1. The van der Waals surface area contributed by atoms with Crippen LogP contribution in [0.2, 0.25) is 0 Å². The second kappa shape index (κ2) is 6.58. The molecule has 1 unspecified atom stereocenters. The van der Waals surface area contributed by atoms with Gasteiger partial charge in [-0.3, -0.25) is 0 Å². The van der Waals surface area contributed by atoms with Crippen molar-refractivity contribution in [3.8, 4) is 5.75 Å². The van der Waals surface area contributed by atoms with Crippen LogP contribution in [0.15, 0.2) is 42.5 Å². The summed E-state index contributed by atoms with van der Waals surface area (Å²) in [6, 6.07) is 14.1. The second-order valence-electron chi connectivity index (χ2n) is 5.18. The van der Waals surface area contributed by atoms with Crippen molar-refractivity contribution in [1.29, 1.82) is 0 Å². The Morgan fingerprint density at radius 2 is 1.75 bits per heavy atom. The second-order valence-corrected chi connectivity index (χ2v) is 5.18. The molecule has 0 saturated carbocycles. The van der Waals surface area contributed by atoms with E-state index in [0.29, 0.717) is 0 Å². The molecule has 2 nitrogen and oxygen atoms in total. The van der Waals surface area contributed by atoms with E-state index in [1.807, 2.05) is 31.2 Å². The quantitative estimate of drug-likeness (QED) is 0.890. The standard InChI is InChI=1S/C18H22O2/c1-4-15-6-8-16(9-7-15)20-12-18(19)17-10-5-13(2)11-14(17)3/h5-11,18-19H,4,12H2,1-3H3. The highest BCUT2D eigenvalue weighted by Crippen LogP contribution is 2.21. The predicted molar refractivity (Wildman–Crippen MR) is 82.2 cm³/mol. The summed E-state index contributed by atoms with van der Waals surface area (Å²) in [7, 11) is 0. The topological polar surface area (TPSA) is 29.5 Å². The smallest absolute Gasteiger partial charge is 0.119 e. The lowest BCUT2D eigenvalue weighted by molar-refractivity contribution is 0.107. The SMILES string of the molecule is CCc1ccc(OCC(O)c2ccc(C)cc2C)cc1. The molecule has 1 atom stereocenters. The molecule has 2 heteroatoms. The number of aliphatic hydroxyl groups is 1. The van der Waals surface area contributed by atoms with Crippen molar-refractivity contribution in [1.82, 2.24) is 0 Å². The highest BCUT2D eigenvalue weighted by atomic mass is 16.5. The minimum atomic E-state index is -0.596. The molecular weight excluding hydrogens is 248 g/mol. The zero-order valence-electron chi connectivity index (χ0n) is 12.4. The molecule has 0 aliphatic carbocycles. The van der Waals surface area contributed by atoms with E-state index >= 15 is 0 Å². The fourth-order valence-corrected chi connectivity index (χ4v) is 2.29. The fraction of sp³-hybridized carbons (Fsp3) is 0.333. The van der Waals surface area contributed by atoms with Gasteiger partial charge in [0.15, 0.2) is 0 Å². The summed E-state index contributed by atoms with van der Waals surface area (Å²) in [6.45, 7) is 6.46. The van der Waals surface area contributed by atoms with Crippen LogP contribution in [0.25, 0.3) is 0 Å². The molecule has 0 radical (unpaired) electrons. The third-order valence-corrected chi connectivity index (χ3v) is 3.52. The minimum absolute atomic E-state index is 0.273. The van der Waals surface area contributed by atoms with Crippen molar-refractivity contribution in [3.05, 3.63) is 64.7 Å². The van der Waals surface area contributed by atoms with Crippen molar-refractivity contribution in [3.63, 3.8) is 0 Å². The van der Waals surface area contributed by atoms with Gasteiger partial charge in [-0.2, -0.15) is 0 Å². The Hall–Kier alpha value is -1.80. The Kier molecular flexibility index (Phi) is 4.80. The van der Waals surface area contributed by atoms with Crippen LogP contribution < -0.4 is 4.74 Å². The first-order valence-corrected chi connectivity index (χ1v) is 7.07. The first-order valence-electron chi connectivity index (χ1n) is 7.07. The van der Waals surface area contributed by atoms with Gasteiger partial charge in [0.2, 0.25) is 0 Å². The molecule has 0 spiro atoms. The van der Waals surface area contributed by atoms with Crippen molar-refractivity contribution in [2.75, 3.05) is 6.61 Å². The summed E-state index contributed by atoms with van der Waals surface area (Å²) in [5, 5.41) is 10.2. The van der Waals surface area contributed by atoms with Gasteiger partial charge in [-0.15, -0.1) is 0 Å². The Balaban J connectivity index is 1.98. The van der Waals surface area contributed by atoms with Gasteiger partial charge < -0.3 is 9.84 Å². The van der Waals surface area contributed by atoms with Crippen LogP contribution >= 0.6 is 0 Å². The monoisotopic (exact) mass is 270 g/mol. The highest BCUT2D eigenvalue weighted by molar-refractivity contribution is 5.32. The van der Waals surface area contributed by atoms with Crippen LogP contribution in [0.3, 0.4) is 0 Å². The molecule has 1 N–H and O–H groups in total. The van der Waals surface area contributed by atoms with E-state index in [2.05, 4.69) is 32.0 Å². The lowest BCUT2D eigenvalue weighted by Gasteiger charge is -2.15. The zero-order valence-corrected chi connectivity index (χ0v) is 12.4. The van der Waals surface area contributed by atoms with Crippen molar-refractivity contribution in [2.24, 2.45) is 0 Å². The van der Waals surface area contributed by atoms with E-state index in [9.17, 15) is 5.11 Å². The van der Waals surface area contributed by atoms with Gasteiger partial charge in [-0.25, -0.2) is 0 Å². The molecule has 0 aliphatic heterocycles. The molecule has 0 amide bonds. The lowest BCUT2D eigenvalue weighted by atomic mass is 10.0. The van der Waals surface area contributed by atoms with Crippen molar-refractivity contribution < 1.29 is 9.84 Å². The van der Waals surface area contributed by atoms with Gasteiger partial charge >= 0.3 is 0 Å². The average molecular weight is 270 g/mol. The van der Waals surface area contributed by atoms with Gasteiger partial charge in [0.25, 0.3) is 0 Å². The average Bonchev–Trinajstić information content (AvgIpc) is 2.45. The number of hydrogen-bond donors (Lipinski definition) is 1. The molecule has 0 saturated heterocycles. The third-order valence-electron chi connectivity index (χ3n) is 3.52. The summed E-state index contributed by atoms with van der Waals surface area (Å²) in [5.74, 6) is 0.797. The molecule has 106 valence electrons. The Morgan fingerprint density at radius 1 is 1.05 bits per heavy atom. The number of hydrogen-bond acceptors (Lipinski definition) is 2. The van der Waals surface area contributed by atoms with E-state index < -0.39 is 6.10 Å². The van der Waals surface area contributed by atoms with E-state index in [0.717, 1.165) is 23.3 Å². The van der Waals surface area contributed by atoms with Crippen LogP contribution in [0.5, 0.6) is 5.75 Å². The summed E-state index contributed by atoms with van der Waals surface area (Å²) >= 11 is 0. The molecule has 0 heterocycles. The minimum Gasteiger partial charge on any atom is -0.491 e. The number of rotatable bonds is 5. The van der Waals surface area contributed by atoms with Crippen LogP contribution in [0.1, 0.15) is 35.3 Å². The first kappa shape index (κ1) is 14.6. The highest BCUT2D eigenvalue weighted by Gasteiger charge is 2.11. The van der Waals surface area contributed by atoms with Crippen LogP contribution in [0, 0.1) is 13.8 Å². The van der Waals surface area contributed by atoms with Crippen molar-refractivity contribution >= 4 is 0 Å². The van der Waals surface area contributed by atoms with Crippen LogP contribution in [-0.2, 0) is 6.42 Å². The van der Waals surface area contributed by atoms with E-state index in [-0.39, 0.29) is 6.61 Å². The third kappa shape index (κ3) is 3.61. The molecule has 2 aromatic carbocycles. The van der Waals surface area contributed by atoms with Crippen LogP contribution in [-0.4, -0.2) is 11.7 Å². The summed E-state index contributed by atoms with van der Waals surface area (Å²) in [4.78, 5) is 0. The normalized spacial score (nSPS) is 12.2. The number of ether oxygens (including phenoxy) is 1. The molecule has 2 rings (SSSR count). The number of aryl methyl sites for hydroxylation is 3. The predicted octanol–water partition coefficient (Wildman–Crippen LogP) is 3.98. The van der Waals surface area contributed by atoms with Crippen molar-refractivity contribution in [2.45, 2.75) is 33.3 Å². The van der Waals surface area contributed by atoms with E-state index in [4.69, 9.17) is 4.74 Å². The van der Waals surface area contributed by atoms with Gasteiger partial charge in [-0.1, -0.05) is 42.8 Å². The first-order chi connectivity index (χ1) is 9.60. The Bertz CT molecular complexity index is 558. The maximum atomic E-state index is 10.2. The molecule has 0 fully saturated rings. The summed E-state index contributed by atoms with van der Waals surface area (Å²) < 4.78 is 5.66. The van der Waals surface area contributed by atoms with Gasteiger partial charge in [-0.05, 0) is 49.1 Å². The Morgan fingerprint density at radius 3 is 2.35 bits per heavy atom. The maximum Gasteiger partial charge on any atom is 0.119 e. The largest absolute Gasteiger partial charge is 0.491 e. The fourth-order valence-electron chi connectivity index (χ4n) is 2.29. The van der Waals surface area contributed by atoms with E-state index in [1.54, 1.807) is 0 Å². The molecule has 0 aromatic heterocycles. The lowest BCUT2D eigenvalue weighted by Crippen LogP contribution is -2.11. The molecule has 2 aromatic rings. The molecule has 20 heavy (non-hydrogen) atoms. The summed E-state index contributed by atoms with van der Waals surface area (Å²) in [6.07, 6.45) is 0.423. The maximum absolute atomic E-state index is 10.2.